The van der Waals surface area contributed by atoms with Crippen LogP contribution in [0.1, 0.15) is 16.1 Å². The van der Waals surface area contributed by atoms with E-state index in [1.165, 1.54) is 31.3 Å². The summed E-state index contributed by atoms with van der Waals surface area (Å²) >= 11 is 0. The van der Waals surface area contributed by atoms with E-state index in [-0.39, 0.29) is 16.9 Å². The molecule has 8 nitrogen and oxygen atoms in total. The van der Waals surface area contributed by atoms with Crippen molar-refractivity contribution in [2.75, 3.05) is 7.11 Å². The standard InChI is InChI=1S/C13H11N3O5/c1-8-7-15(14-11(12(8)17)13(18)21-2)9-5-3-4-6-10(9)16(19)20/h3-7H,1-2H3. The molecule has 0 unspecified atom stereocenters. The fraction of sp³-hybridized carbons (Fsp3) is 0.154. The lowest BCUT2D eigenvalue weighted by Crippen LogP contribution is -2.24. The number of rotatable bonds is 3. The van der Waals surface area contributed by atoms with E-state index in [1.807, 2.05) is 0 Å². The summed E-state index contributed by atoms with van der Waals surface area (Å²) in [7, 11) is 1.13. The lowest BCUT2D eigenvalue weighted by Gasteiger charge is -2.08. The number of methoxy groups -OCH3 is 1. The molecular weight excluding hydrogens is 278 g/mol. The zero-order chi connectivity index (χ0) is 15.6. The zero-order valence-corrected chi connectivity index (χ0v) is 11.3. The second kappa shape index (κ2) is 5.53. The van der Waals surface area contributed by atoms with Crippen LogP contribution in [-0.2, 0) is 4.74 Å². The Morgan fingerprint density at radius 3 is 2.67 bits per heavy atom. The Morgan fingerprint density at radius 1 is 1.38 bits per heavy atom. The van der Waals surface area contributed by atoms with Crippen LogP contribution in [0.5, 0.6) is 0 Å². The summed E-state index contributed by atoms with van der Waals surface area (Å²) < 4.78 is 5.62. The molecule has 1 aromatic heterocycles. The Bertz CT molecular complexity index is 782. The quantitative estimate of drug-likeness (QED) is 0.478. The number of hydrogen-bond acceptors (Lipinski definition) is 6. The molecule has 8 heteroatoms. The fourth-order valence-corrected chi connectivity index (χ4v) is 1.78. The van der Waals surface area contributed by atoms with Crippen LogP contribution in [0.15, 0.2) is 35.3 Å². The van der Waals surface area contributed by atoms with Gasteiger partial charge in [0.2, 0.25) is 11.1 Å². The van der Waals surface area contributed by atoms with Crippen molar-refractivity contribution in [1.82, 2.24) is 9.78 Å². The lowest BCUT2D eigenvalue weighted by atomic mass is 10.2. The number of hydrogen-bond donors (Lipinski definition) is 0. The van der Waals surface area contributed by atoms with E-state index in [1.54, 1.807) is 6.07 Å². The van der Waals surface area contributed by atoms with Crippen LogP contribution >= 0.6 is 0 Å². The molecule has 108 valence electrons. The Labute approximate surface area is 118 Å². The van der Waals surface area contributed by atoms with E-state index in [4.69, 9.17) is 0 Å². The summed E-state index contributed by atoms with van der Waals surface area (Å²) in [6.07, 6.45) is 1.33. The van der Waals surface area contributed by atoms with Gasteiger partial charge in [0.1, 0.15) is 5.69 Å². The number of ether oxygens (including phenoxy) is 1. The van der Waals surface area contributed by atoms with Crippen LogP contribution in [0.2, 0.25) is 0 Å². The molecule has 1 aromatic carbocycles. The third-order valence-electron chi connectivity index (χ3n) is 2.80. The van der Waals surface area contributed by atoms with Crippen molar-refractivity contribution < 1.29 is 14.5 Å². The number of aromatic nitrogens is 2. The molecule has 0 aliphatic rings. The van der Waals surface area contributed by atoms with Gasteiger partial charge < -0.3 is 4.74 Å². The molecule has 1 heterocycles. The van der Waals surface area contributed by atoms with Crippen molar-refractivity contribution in [3.05, 3.63) is 62.1 Å². The summed E-state index contributed by atoms with van der Waals surface area (Å²) in [4.78, 5) is 33.9. The predicted molar refractivity (Wildman–Crippen MR) is 72.6 cm³/mol. The molecule has 0 aliphatic heterocycles. The smallest absolute Gasteiger partial charge is 0.362 e. The van der Waals surface area contributed by atoms with Crippen LogP contribution in [0, 0.1) is 17.0 Å². The van der Waals surface area contributed by atoms with Gasteiger partial charge in [0.25, 0.3) is 5.69 Å². The maximum atomic E-state index is 11.9. The summed E-state index contributed by atoms with van der Waals surface area (Å²) in [6, 6.07) is 5.88. The molecule has 0 amide bonds. The Hall–Kier alpha value is -3.03. The fourth-order valence-electron chi connectivity index (χ4n) is 1.78. The molecule has 0 saturated heterocycles. The largest absolute Gasteiger partial charge is 0.464 e. The van der Waals surface area contributed by atoms with Gasteiger partial charge in [-0.05, 0) is 13.0 Å². The summed E-state index contributed by atoms with van der Waals surface area (Å²) in [5, 5.41) is 14.9. The van der Waals surface area contributed by atoms with Crippen molar-refractivity contribution in [1.29, 1.82) is 0 Å². The number of nitrogens with zero attached hydrogens (tertiary/aromatic N) is 3. The van der Waals surface area contributed by atoms with Crippen LogP contribution in [0.25, 0.3) is 5.69 Å². The molecule has 0 saturated carbocycles. The second-order valence-electron chi connectivity index (χ2n) is 4.17. The summed E-state index contributed by atoms with van der Waals surface area (Å²) in [5.74, 6) is -0.893. The molecule has 0 spiro atoms. The highest BCUT2D eigenvalue weighted by Crippen LogP contribution is 2.21. The van der Waals surface area contributed by atoms with Gasteiger partial charge in [-0.1, -0.05) is 12.1 Å². The number of benzene rings is 1. The first kappa shape index (κ1) is 14.4. The van der Waals surface area contributed by atoms with Crippen LogP contribution in [0.3, 0.4) is 0 Å². The topological polar surface area (TPSA) is 104 Å². The zero-order valence-electron chi connectivity index (χ0n) is 11.3. The molecule has 0 N–H and O–H groups in total. The Balaban J connectivity index is 2.72. The molecular formula is C13H11N3O5. The van der Waals surface area contributed by atoms with Crippen molar-refractivity contribution in [3.8, 4) is 5.69 Å². The summed E-state index contributed by atoms with van der Waals surface area (Å²) in [5.41, 5.74) is -0.810. The van der Waals surface area contributed by atoms with E-state index in [0.717, 1.165) is 11.8 Å². The van der Waals surface area contributed by atoms with Crippen LogP contribution < -0.4 is 5.43 Å². The highest BCUT2D eigenvalue weighted by Gasteiger charge is 2.19. The van der Waals surface area contributed by atoms with Crippen molar-refractivity contribution in [2.24, 2.45) is 0 Å². The number of carbonyl (C=O) groups is 1. The number of nitro benzene ring substituents is 1. The normalized spacial score (nSPS) is 10.2. The third kappa shape index (κ3) is 2.64. The Morgan fingerprint density at radius 2 is 2.05 bits per heavy atom. The van der Waals surface area contributed by atoms with Gasteiger partial charge >= 0.3 is 5.97 Å². The first-order valence-electron chi connectivity index (χ1n) is 5.88. The van der Waals surface area contributed by atoms with E-state index in [2.05, 4.69) is 9.84 Å². The maximum Gasteiger partial charge on any atom is 0.362 e. The van der Waals surface area contributed by atoms with E-state index >= 15 is 0 Å². The number of aryl methyl sites for hydroxylation is 1. The van der Waals surface area contributed by atoms with Crippen molar-refractivity contribution in [2.45, 2.75) is 6.92 Å². The van der Waals surface area contributed by atoms with E-state index in [9.17, 15) is 19.7 Å². The molecule has 0 bridgehead atoms. The van der Waals surface area contributed by atoms with Crippen molar-refractivity contribution >= 4 is 11.7 Å². The molecule has 0 atom stereocenters. The number of esters is 1. The molecule has 21 heavy (non-hydrogen) atoms. The first-order chi connectivity index (χ1) is 9.95. The predicted octanol–water partition coefficient (Wildman–Crippen LogP) is 1.24. The minimum absolute atomic E-state index is 0.149. The Kier molecular flexibility index (Phi) is 3.79. The molecule has 0 radical (unpaired) electrons. The summed E-state index contributed by atoms with van der Waals surface area (Å²) in [6.45, 7) is 1.49. The van der Waals surface area contributed by atoms with Gasteiger partial charge in [-0.25, -0.2) is 9.48 Å². The first-order valence-corrected chi connectivity index (χ1v) is 5.88. The van der Waals surface area contributed by atoms with Gasteiger partial charge in [0, 0.05) is 17.8 Å². The monoisotopic (exact) mass is 289 g/mol. The average molecular weight is 289 g/mol. The average Bonchev–Trinajstić information content (AvgIpc) is 2.49. The van der Waals surface area contributed by atoms with Gasteiger partial charge in [-0.3, -0.25) is 14.9 Å². The number of para-hydroxylation sites is 2. The minimum Gasteiger partial charge on any atom is -0.464 e. The minimum atomic E-state index is -0.893. The van der Waals surface area contributed by atoms with E-state index in [0.29, 0.717) is 0 Å². The number of carbonyl (C=O) groups excluding carboxylic acids is 1. The van der Waals surface area contributed by atoms with Gasteiger partial charge in [-0.2, -0.15) is 5.10 Å². The lowest BCUT2D eigenvalue weighted by molar-refractivity contribution is -0.384. The molecule has 2 rings (SSSR count). The molecule has 2 aromatic rings. The second-order valence-corrected chi connectivity index (χ2v) is 4.17. The maximum absolute atomic E-state index is 11.9. The van der Waals surface area contributed by atoms with Crippen LogP contribution in [-0.4, -0.2) is 27.8 Å². The van der Waals surface area contributed by atoms with Crippen molar-refractivity contribution in [3.63, 3.8) is 0 Å². The van der Waals surface area contributed by atoms with E-state index < -0.39 is 22.0 Å². The molecule has 0 fully saturated rings. The van der Waals surface area contributed by atoms with Crippen LogP contribution in [0.4, 0.5) is 5.69 Å². The third-order valence-corrected chi connectivity index (χ3v) is 2.80. The SMILES string of the molecule is COC(=O)c1nn(-c2ccccc2[N+](=O)[O-])cc(C)c1=O. The number of nitro groups is 1. The van der Waals surface area contributed by atoms with Gasteiger partial charge in [-0.15, -0.1) is 0 Å². The van der Waals surface area contributed by atoms with Gasteiger partial charge in [0.05, 0.1) is 12.0 Å². The highest BCUT2D eigenvalue weighted by atomic mass is 16.6. The molecule has 0 aliphatic carbocycles. The van der Waals surface area contributed by atoms with Gasteiger partial charge in [0.15, 0.2) is 0 Å². The highest BCUT2D eigenvalue weighted by molar-refractivity contribution is 5.87.